The Labute approximate surface area is 168 Å². The molecule has 4 heterocycles. The molecule has 0 amide bonds. The molecular formula is C21H16OS4. The topological polar surface area (TPSA) is 17.1 Å². The van der Waals surface area contributed by atoms with E-state index in [1.54, 1.807) is 45.3 Å². The first-order valence-electron chi connectivity index (χ1n) is 8.41. The van der Waals surface area contributed by atoms with E-state index in [4.69, 9.17) is 0 Å². The Morgan fingerprint density at radius 3 is 1.35 bits per heavy atom. The first-order valence-corrected chi connectivity index (χ1v) is 11.7. The molecule has 0 spiro atoms. The maximum atomic E-state index is 13.2. The fourth-order valence-corrected chi connectivity index (χ4v) is 8.42. The molecule has 0 N–H and O–H groups in total. The minimum Gasteiger partial charge on any atom is -0.288 e. The zero-order chi connectivity index (χ0) is 18.2. The molecule has 5 rings (SSSR count). The quantitative estimate of drug-likeness (QED) is 0.290. The van der Waals surface area contributed by atoms with E-state index in [0.717, 1.165) is 22.3 Å². The molecule has 130 valence electrons. The SMILES string of the molecule is Cc1ccc(-c2sc3c(c2C)C(=O)c2c-3sc(-c3ccc(C)s3)c2C)s1. The molecule has 1 aliphatic rings. The monoisotopic (exact) mass is 412 g/mol. The fraction of sp³-hybridized carbons (Fsp3) is 0.190. The van der Waals surface area contributed by atoms with Crippen LogP contribution in [0.4, 0.5) is 0 Å². The van der Waals surface area contributed by atoms with Crippen LogP contribution in [0.2, 0.25) is 0 Å². The number of carbonyl (C=O) groups is 1. The molecule has 4 aromatic rings. The zero-order valence-electron chi connectivity index (χ0n) is 14.9. The molecule has 1 nitrogen and oxygen atoms in total. The normalized spacial score (nSPS) is 12.7. The maximum Gasteiger partial charge on any atom is 0.196 e. The van der Waals surface area contributed by atoms with Gasteiger partial charge in [-0.15, -0.1) is 45.3 Å². The fourth-order valence-electron chi connectivity index (χ4n) is 3.60. The van der Waals surface area contributed by atoms with Crippen molar-refractivity contribution in [3.63, 3.8) is 0 Å². The number of ketones is 1. The zero-order valence-corrected chi connectivity index (χ0v) is 18.1. The van der Waals surface area contributed by atoms with Gasteiger partial charge in [-0.05, 0) is 63.1 Å². The lowest BCUT2D eigenvalue weighted by atomic mass is 10.0. The number of hydrogen-bond acceptors (Lipinski definition) is 5. The molecule has 0 bridgehead atoms. The summed E-state index contributed by atoms with van der Waals surface area (Å²) < 4.78 is 0. The van der Waals surface area contributed by atoms with Crippen molar-refractivity contribution >= 4 is 51.1 Å². The largest absolute Gasteiger partial charge is 0.288 e. The second-order valence-electron chi connectivity index (χ2n) is 6.67. The Hall–Kier alpha value is -1.53. The predicted octanol–water partition coefficient (Wildman–Crippen LogP) is 7.71. The van der Waals surface area contributed by atoms with Gasteiger partial charge in [-0.1, -0.05) is 0 Å². The molecule has 0 aliphatic heterocycles. The number of aryl methyl sites for hydroxylation is 2. The van der Waals surface area contributed by atoms with Crippen molar-refractivity contribution in [3.05, 3.63) is 56.3 Å². The van der Waals surface area contributed by atoms with Gasteiger partial charge >= 0.3 is 0 Å². The standard InChI is InChI=1S/C21H16OS4/c1-9-5-7-13(23-9)18-11(3)15-17(22)16-12(4)19(14-8-6-10(2)24-14)26-21(16)20(15)25-18/h5-8H,1-4H3. The highest BCUT2D eigenvalue weighted by atomic mass is 32.1. The second kappa shape index (κ2) is 5.73. The Bertz CT molecular complexity index is 1100. The summed E-state index contributed by atoms with van der Waals surface area (Å²) in [6.45, 7) is 8.47. The summed E-state index contributed by atoms with van der Waals surface area (Å²) in [5, 5.41) is 0. The van der Waals surface area contributed by atoms with Crippen LogP contribution in [0.15, 0.2) is 24.3 Å². The van der Waals surface area contributed by atoms with Gasteiger partial charge in [0.05, 0.1) is 9.75 Å². The number of hydrogen-bond donors (Lipinski definition) is 0. The van der Waals surface area contributed by atoms with Crippen molar-refractivity contribution < 1.29 is 4.79 Å². The average Bonchev–Trinajstić information content (AvgIpc) is 3.36. The van der Waals surface area contributed by atoms with Crippen LogP contribution < -0.4 is 0 Å². The van der Waals surface area contributed by atoms with Gasteiger partial charge in [0.25, 0.3) is 0 Å². The van der Waals surface area contributed by atoms with Gasteiger partial charge in [0.2, 0.25) is 0 Å². The van der Waals surface area contributed by atoms with E-state index in [1.807, 2.05) is 0 Å². The lowest BCUT2D eigenvalue weighted by Crippen LogP contribution is -1.98. The molecule has 0 atom stereocenters. The van der Waals surface area contributed by atoms with Crippen molar-refractivity contribution in [1.29, 1.82) is 0 Å². The molecule has 0 saturated carbocycles. The smallest absolute Gasteiger partial charge is 0.196 e. The molecule has 0 unspecified atom stereocenters. The summed E-state index contributed by atoms with van der Waals surface area (Å²) in [4.78, 5) is 23.3. The Kier molecular flexibility index (Phi) is 3.67. The summed E-state index contributed by atoms with van der Waals surface area (Å²) in [6, 6.07) is 8.67. The molecule has 26 heavy (non-hydrogen) atoms. The predicted molar refractivity (Wildman–Crippen MR) is 117 cm³/mol. The Morgan fingerprint density at radius 1 is 0.577 bits per heavy atom. The van der Waals surface area contributed by atoms with Crippen LogP contribution in [0.25, 0.3) is 29.3 Å². The van der Waals surface area contributed by atoms with E-state index in [9.17, 15) is 4.79 Å². The van der Waals surface area contributed by atoms with Gasteiger partial charge in [-0.25, -0.2) is 0 Å². The van der Waals surface area contributed by atoms with Gasteiger partial charge in [0.1, 0.15) is 0 Å². The van der Waals surface area contributed by atoms with Crippen LogP contribution in [0, 0.1) is 27.7 Å². The summed E-state index contributed by atoms with van der Waals surface area (Å²) in [6.07, 6.45) is 0. The van der Waals surface area contributed by atoms with Crippen LogP contribution in [-0.2, 0) is 0 Å². The van der Waals surface area contributed by atoms with Gasteiger partial charge in [-0.3, -0.25) is 4.79 Å². The molecule has 5 heteroatoms. The summed E-state index contributed by atoms with van der Waals surface area (Å²) >= 11 is 7.19. The average molecular weight is 413 g/mol. The van der Waals surface area contributed by atoms with E-state index >= 15 is 0 Å². The molecule has 1 aliphatic carbocycles. The van der Waals surface area contributed by atoms with Crippen LogP contribution in [0.5, 0.6) is 0 Å². The Morgan fingerprint density at radius 2 is 1.00 bits per heavy atom. The summed E-state index contributed by atoms with van der Waals surface area (Å²) in [7, 11) is 0. The molecule has 0 aromatic carbocycles. The highest BCUT2D eigenvalue weighted by Gasteiger charge is 2.37. The van der Waals surface area contributed by atoms with Crippen LogP contribution in [0.1, 0.15) is 36.8 Å². The maximum absolute atomic E-state index is 13.2. The van der Waals surface area contributed by atoms with Gasteiger partial charge in [0, 0.05) is 40.4 Å². The van der Waals surface area contributed by atoms with E-state index < -0.39 is 0 Å². The van der Waals surface area contributed by atoms with Crippen LogP contribution >= 0.6 is 45.3 Å². The minimum absolute atomic E-state index is 0.219. The molecule has 0 radical (unpaired) electrons. The van der Waals surface area contributed by atoms with Crippen molar-refractivity contribution in [2.45, 2.75) is 27.7 Å². The molecule has 4 aromatic heterocycles. The third kappa shape index (κ3) is 2.21. The molecular weight excluding hydrogens is 396 g/mol. The van der Waals surface area contributed by atoms with E-state index in [2.05, 4.69) is 52.0 Å². The second-order valence-corrected chi connectivity index (χ2v) is 11.3. The Balaban J connectivity index is 1.71. The minimum atomic E-state index is 0.219. The van der Waals surface area contributed by atoms with E-state index in [1.165, 1.54) is 39.0 Å². The third-order valence-electron chi connectivity index (χ3n) is 4.88. The number of thiophene rings is 4. The molecule has 0 saturated heterocycles. The van der Waals surface area contributed by atoms with Gasteiger partial charge < -0.3 is 0 Å². The van der Waals surface area contributed by atoms with Crippen molar-refractivity contribution in [2.75, 3.05) is 0 Å². The summed E-state index contributed by atoms with van der Waals surface area (Å²) in [5.41, 5.74) is 4.17. The van der Waals surface area contributed by atoms with Crippen molar-refractivity contribution in [2.24, 2.45) is 0 Å². The van der Waals surface area contributed by atoms with E-state index in [-0.39, 0.29) is 5.78 Å². The third-order valence-corrected chi connectivity index (χ3v) is 9.99. The first kappa shape index (κ1) is 16.6. The van der Waals surface area contributed by atoms with Gasteiger partial charge in [-0.2, -0.15) is 0 Å². The lowest BCUT2D eigenvalue weighted by Gasteiger charge is -2.00. The number of fused-ring (bicyclic) bond motifs is 3. The highest BCUT2D eigenvalue weighted by molar-refractivity contribution is 7.29. The van der Waals surface area contributed by atoms with Crippen LogP contribution in [-0.4, -0.2) is 5.78 Å². The highest BCUT2D eigenvalue weighted by Crippen LogP contribution is 2.55. The lowest BCUT2D eigenvalue weighted by molar-refractivity contribution is 0.104. The van der Waals surface area contributed by atoms with Crippen molar-refractivity contribution in [3.8, 4) is 29.3 Å². The van der Waals surface area contributed by atoms with E-state index in [0.29, 0.717) is 0 Å². The number of carbonyl (C=O) groups excluding carboxylic acids is 1. The van der Waals surface area contributed by atoms with Gasteiger partial charge in [0.15, 0.2) is 5.78 Å². The summed E-state index contributed by atoms with van der Waals surface area (Å²) in [5.74, 6) is 0.219. The van der Waals surface area contributed by atoms with Crippen molar-refractivity contribution in [1.82, 2.24) is 0 Å². The first-order chi connectivity index (χ1) is 12.5. The molecule has 0 fully saturated rings. The van der Waals surface area contributed by atoms with Crippen LogP contribution in [0.3, 0.4) is 0 Å². The number of rotatable bonds is 2.